The number of hydrogen-bond acceptors (Lipinski definition) is 3. The highest BCUT2D eigenvalue weighted by Gasteiger charge is 2.15. The second-order valence-corrected chi connectivity index (χ2v) is 4.73. The van der Waals surface area contributed by atoms with E-state index in [9.17, 15) is 15.0 Å². The van der Waals surface area contributed by atoms with Gasteiger partial charge in [0.2, 0.25) is 5.91 Å². The van der Waals surface area contributed by atoms with E-state index in [4.69, 9.17) is 5.73 Å². The highest BCUT2D eigenvalue weighted by Crippen LogP contribution is 2.27. The van der Waals surface area contributed by atoms with Gasteiger partial charge in [-0.15, -0.1) is 0 Å². The van der Waals surface area contributed by atoms with Crippen LogP contribution in [0.1, 0.15) is 44.3 Å². The number of phenols is 1. The number of aliphatic hydroxyl groups is 1. The van der Waals surface area contributed by atoms with Crippen LogP contribution in [0, 0.1) is 5.92 Å². The summed E-state index contributed by atoms with van der Waals surface area (Å²) in [7, 11) is 0. The number of carbonyl (C=O) groups excluding carboxylic acids is 1. The minimum Gasteiger partial charge on any atom is -0.508 e. The van der Waals surface area contributed by atoms with E-state index < -0.39 is 6.10 Å². The Hall–Kier alpha value is -1.55. The van der Waals surface area contributed by atoms with E-state index in [-0.39, 0.29) is 17.6 Å². The molecule has 1 rings (SSSR count). The summed E-state index contributed by atoms with van der Waals surface area (Å²) in [5.74, 6) is 0.0317. The van der Waals surface area contributed by atoms with Crippen LogP contribution in [0.5, 0.6) is 5.75 Å². The maximum absolute atomic E-state index is 10.6. The van der Waals surface area contributed by atoms with Gasteiger partial charge in [-0.1, -0.05) is 25.5 Å². The zero-order valence-electron chi connectivity index (χ0n) is 10.7. The van der Waals surface area contributed by atoms with Gasteiger partial charge in [0.25, 0.3) is 0 Å². The number of primary amides is 1. The molecule has 0 aliphatic carbocycles. The number of aromatic hydroxyl groups is 1. The summed E-state index contributed by atoms with van der Waals surface area (Å²) >= 11 is 0. The molecule has 0 aliphatic rings. The lowest BCUT2D eigenvalue weighted by Crippen LogP contribution is -2.11. The van der Waals surface area contributed by atoms with Crippen LogP contribution in [-0.4, -0.2) is 16.1 Å². The fraction of sp³-hybridized carbons (Fsp3) is 0.500. The topological polar surface area (TPSA) is 83.6 Å². The normalized spacial score (nSPS) is 14.1. The van der Waals surface area contributed by atoms with Crippen molar-refractivity contribution in [2.45, 2.75) is 38.7 Å². The van der Waals surface area contributed by atoms with Crippen LogP contribution in [0.4, 0.5) is 0 Å². The second-order valence-electron chi connectivity index (χ2n) is 4.73. The first-order valence-electron chi connectivity index (χ1n) is 6.26. The smallest absolute Gasteiger partial charge is 0.217 e. The van der Waals surface area contributed by atoms with Crippen LogP contribution in [0.3, 0.4) is 0 Å². The van der Waals surface area contributed by atoms with Crippen LogP contribution in [0.15, 0.2) is 24.3 Å². The molecule has 0 fully saturated rings. The summed E-state index contributed by atoms with van der Waals surface area (Å²) in [4.78, 5) is 10.6. The van der Waals surface area contributed by atoms with Crippen molar-refractivity contribution in [3.05, 3.63) is 29.8 Å². The molecule has 0 aliphatic heterocycles. The van der Waals surface area contributed by atoms with Crippen LogP contribution in [-0.2, 0) is 4.79 Å². The lowest BCUT2D eigenvalue weighted by Gasteiger charge is -2.19. The van der Waals surface area contributed by atoms with Crippen molar-refractivity contribution in [3.8, 4) is 5.75 Å². The molecule has 0 saturated carbocycles. The minimum absolute atomic E-state index is 0.113. The van der Waals surface area contributed by atoms with Crippen molar-refractivity contribution < 1.29 is 15.0 Å². The Morgan fingerprint density at radius 1 is 1.28 bits per heavy atom. The van der Waals surface area contributed by atoms with Gasteiger partial charge in [-0.2, -0.15) is 0 Å². The van der Waals surface area contributed by atoms with Crippen molar-refractivity contribution in [1.29, 1.82) is 0 Å². The molecule has 0 spiro atoms. The third kappa shape index (κ3) is 4.75. The standard InChI is InChI=1S/C14H21NO3/c1-10(4-2-3-5-13(15)17)14(18)11-6-8-12(16)9-7-11/h6-10,14,16,18H,2-5H2,1H3,(H2,15,17). The number of benzene rings is 1. The molecule has 0 aromatic heterocycles. The molecule has 0 radical (unpaired) electrons. The van der Waals surface area contributed by atoms with Gasteiger partial charge in [-0.05, 0) is 36.5 Å². The molecule has 4 heteroatoms. The van der Waals surface area contributed by atoms with Gasteiger partial charge in [-0.25, -0.2) is 0 Å². The largest absolute Gasteiger partial charge is 0.508 e. The highest BCUT2D eigenvalue weighted by atomic mass is 16.3. The average Bonchev–Trinajstić information content (AvgIpc) is 2.34. The van der Waals surface area contributed by atoms with Gasteiger partial charge in [0.1, 0.15) is 5.75 Å². The molecular formula is C14H21NO3. The lowest BCUT2D eigenvalue weighted by molar-refractivity contribution is -0.118. The minimum atomic E-state index is -0.542. The third-order valence-electron chi connectivity index (χ3n) is 3.11. The Morgan fingerprint density at radius 2 is 1.89 bits per heavy atom. The average molecular weight is 251 g/mol. The monoisotopic (exact) mass is 251 g/mol. The highest BCUT2D eigenvalue weighted by molar-refractivity contribution is 5.73. The maximum atomic E-state index is 10.6. The summed E-state index contributed by atoms with van der Waals surface area (Å²) in [5, 5.41) is 19.3. The SMILES string of the molecule is CC(CCCCC(N)=O)C(O)c1ccc(O)cc1. The van der Waals surface area contributed by atoms with Crippen molar-refractivity contribution in [1.82, 2.24) is 0 Å². The molecule has 1 amide bonds. The van der Waals surface area contributed by atoms with Gasteiger partial charge in [-0.3, -0.25) is 4.79 Å². The molecule has 18 heavy (non-hydrogen) atoms. The Labute approximate surface area is 107 Å². The molecule has 4 N–H and O–H groups in total. The number of aliphatic hydroxyl groups excluding tert-OH is 1. The summed E-state index contributed by atoms with van der Waals surface area (Å²) in [6, 6.07) is 6.58. The first-order chi connectivity index (χ1) is 8.50. The van der Waals surface area contributed by atoms with E-state index in [1.165, 1.54) is 0 Å². The Morgan fingerprint density at radius 3 is 2.44 bits per heavy atom. The molecule has 0 saturated heterocycles. The van der Waals surface area contributed by atoms with Crippen molar-refractivity contribution in [2.75, 3.05) is 0 Å². The van der Waals surface area contributed by atoms with Gasteiger partial charge in [0, 0.05) is 6.42 Å². The van der Waals surface area contributed by atoms with Crippen LogP contribution < -0.4 is 5.73 Å². The molecular weight excluding hydrogens is 230 g/mol. The zero-order valence-corrected chi connectivity index (χ0v) is 10.7. The summed E-state index contributed by atoms with van der Waals surface area (Å²) in [6.45, 7) is 1.97. The van der Waals surface area contributed by atoms with E-state index >= 15 is 0 Å². The van der Waals surface area contributed by atoms with Crippen LogP contribution in [0.2, 0.25) is 0 Å². The summed E-state index contributed by atoms with van der Waals surface area (Å²) in [6.07, 6.45) is 2.35. The van der Waals surface area contributed by atoms with Crippen LogP contribution >= 0.6 is 0 Å². The molecule has 1 aromatic rings. The molecule has 100 valence electrons. The van der Waals surface area contributed by atoms with Crippen molar-refractivity contribution in [2.24, 2.45) is 11.7 Å². The van der Waals surface area contributed by atoms with E-state index in [0.29, 0.717) is 6.42 Å². The summed E-state index contributed by atoms with van der Waals surface area (Å²) < 4.78 is 0. The number of amides is 1. The van der Waals surface area contributed by atoms with E-state index in [1.807, 2.05) is 6.92 Å². The molecule has 2 atom stereocenters. The predicted octanol–water partition coefficient (Wildman–Crippen LogP) is 2.11. The first kappa shape index (κ1) is 14.5. The van der Waals surface area contributed by atoms with Gasteiger partial charge in [0.05, 0.1) is 6.10 Å². The number of phenolic OH excluding ortho intramolecular Hbond substituents is 1. The van der Waals surface area contributed by atoms with E-state index in [0.717, 1.165) is 24.8 Å². The maximum Gasteiger partial charge on any atom is 0.217 e. The Balaban J connectivity index is 2.38. The Kier molecular flexibility index (Phi) is 5.65. The van der Waals surface area contributed by atoms with E-state index in [2.05, 4.69) is 0 Å². The molecule has 2 unspecified atom stereocenters. The number of carbonyl (C=O) groups is 1. The Bertz CT molecular complexity index is 375. The molecule has 1 aromatic carbocycles. The number of rotatable bonds is 7. The third-order valence-corrected chi connectivity index (χ3v) is 3.11. The van der Waals surface area contributed by atoms with Gasteiger partial charge < -0.3 is 15.9 Å². The van der Waals surface area contributed by atoms with Gasteiger partial charge >= 0.3 is 0 Å². The zero-order chi connectivity index (χ0) is 13.5. The van der Waals surface area contributed by atoms with Crippen molar-refractivity contribution >= 4 is 5.91 Å². The lowest BCUT2D eigenvalue weighted by atomic mass is 9.92. The molecule has 4 nitrogen and oxygen atoms in total. The number of nitrogens with two attached hydrogens (primary N) is 1. The number of hydrogen-bond donors (Lipinski definition) is 3. The second kappa shape index (κ2) is 7.01. The fourth-order valence-electron chi connectivity index (χ4n) is 1.92. The molecule has 0 heterocycles. The van der Waals surface area contributed by atoms with E-state index in [1.54, 1.807) is 24.3 Å². The van der Waals surface area contributed by atoms with Crippen LogP contribution in [0.25, 0.3) is 0 Å². The fourth-order valence-corrected chi connectivity index (χ4v) is 1.92. The predicted molar refractivity (Wildman–Crippen MR) is 69.9 cm³/mol. The number of unbranched alkanes of at least 4 members (excludes halogenated alkanes) is 1. The summed E-state index contributed by atoms with van der Waals surface area (Å²) in [5.41, 5.74) is 5.86. The van der Waals surface area contributed by atoms with Gasteiger partial charge in [0.15, 0.2) is 0 Å². The van der Waals surface area contributed by atoms with Crippen molar-refractivity contribution in [3.63, 3.8) is 0 Å². The first-order valence-corrected chi connectivity index (χ1v) is 6.26. The molecule has 0 bridgehead atoms. The quantitative estimate of drug-likeness (QED) is 0.649.